The van der Waals surface area contributed by atoms with Gasteiger partial charge in [0.2, 0.25) is 0 Å². The van der Waals surface area contributed by atoms with Crippen molar-refractivity contribution in [1.82, 2.24) is 0 Å². The first-order valence-electron chi connectivity index (χ1n) is 5.62. The Hall–Kier alpha value is -0.170. The number of hydrogen-bond donors (Lipinski definition) is 1. The smallest absolute Gasteiger partial charge is 0.124 e. The average Bonchev–Trinajstić information content (AvgIpc) is 2.36. The maximum Gasteiger partial charge on any atom is 0.124 e. The van der Waals surface area contributed by atoms with Crippen LogP contribution in [-0.4, -0.2) is 0 Å². The second-order valence-electron chi connectivity index (χ2n) is 4.22. The average molecular weight is 455 g/mol. The molecule has 0 fully saturated rings. The van der Waals surface area contributed by atoms with E-state index < -0.39 is 0 Å². The molecule has 2 aromatic carbocycles. The molecule has 0 radical (unpaired) electrons. The molecular weight excluding hydrogens is 443 g/mol. The molecule has 2 rings (SSSR count). The van der Waals surface area contributed by atoms with Gasteiger partial charge in [0.25, 0.3) is 0 Å². The van der Waals surface area contributed by atoms with Crippen LogP contribution in [-0.2, 0) is 6.42 Å². The van der Waals surface area contributed by atoms with Gasteiger partial charge in [-0.15, -0.1) is 0 Å². The third-order valence-electron chi connectivity index (χ3n) is 2.83. The number of rotatable bonds is 3. The van der Waals surface area contributed by atoms with Gasteiger partial charge in [-0.25, -0.2) is 4.39 Å². The molecule has 0 amide bonds. The lowest BCUT2D eigenvalue weighted by Crippen LogP contribution is -2.13. The fraction of sp³-hybridized carbons (Fsp3) is 0.143. The first kappa shape index (κ1) is 15.2. The Kier molecular flexibility index (Phi) is 5.22. The zero-order valence-electron chi connectivity index (χ0n) is 9.84. The molecule has 0 heterocycles. The SMILES string of the molecule is NC(Cc1ccc(F)cc1Br)c1ccc(I)c(Cl)c1. The predicted molar refractivity (Wildman–Crippen MR) is 88.9 cm³/mol. The highest BCUT2D eigenvalue weighted by Crippen LogP contribution is 2.26. The summed E-state index contributed by atoms with van der Waals surface area (Å²) in [6.07, 6.45) is 0.623. The normalized spacial score (nSPS) is 12.5. The molecule has 0 aromatic heterocycles. The van der Waals surface area contributed by atoms with Crippen LogP contribution in [0.2, 0.25) is 5.02 Å². The predicted octanol–water partition coefficient (Wildman–Crippen LogP) is 5.09. The van der Waals surface area contributed by atoms with Gasteiger partial charge in [-0.2, -0.15) is 0 Å². The summed E-state index contributed by atoms with van der Waals surface area (Å²) in [6, 6.07) is 10.2. The molecule has 1 nitrogen and oxygen atoms in total. The third kappa shape index (κ3) is 3.90. The molecule has 0 aliphatic heterocycles. The summed E-state index contributed by atoms with van der Waals surface area (Å²) in [5.41, 5.74) is 8.13. The second kappa shape index (κ2) is 6.52. The van der Waals surface area contributed by atoms with E-state index in [0.717, 1.165) is 19.2 Å². The lowest BCUT2D eigenvalue weighted by Gasteiger charge is -2.14. The molecule has 5 heteroatoms. The third-order valence-corrected chi connectivity index (χ3v) is 5.14. The van der Waals surface area contributed by atoms with Crippen LogP contribution in [0, 0.1) is 9.39 Å². The first-order valence-corrected chi connectivity index (χ1v) is 7.87. The Bertz CT molecular complexity index is 606. The van der Waals surface area contributed by atoms with Gasteiger partial charge >= 0.3 is 0 Å². The molecule has 0 saturated carbocycles. The lowest BCUT2D eigenvalue weighted by molar-refractivity contribution is 0.624. The van der Waals surface area contributed by atoms with E-state index in [1.54, 1.807) is 6.07 Å². The molecule has 1 unspecified atom stereocenters. The Balaban J connectivity index is 2.20. The van der Waals surface area contributed by atoms with Crippen molar-refractivity contribution in [3.8, 4) is 0 Å². The first-order chi connectivity index (χ1) is 8.97. The summed E-state index contributed by atoms with van der Waals surface area (Å²) in [5.74, 6) is -0.262. The molecule has 0 aliphatic rings. The number of halogens is 4. The summed E-state index contributed by atoms with van der Waals surface area (Å²) in [4.78, 5) is 0. The number of hydrogen-bond acceptors (Lipinski definition) is 1. The fourth-order valence-corrected chi connectivity index (χ4v) is 2.82. The highest BCUT2D eigenvalue weighted by molar-refractivity contribution is 14.1. The van der Waals surface area contributed by atoms with E-state index in [2.05, 4.69) is 38.5 Å². The highest BCUT2D eigenvalue weighted by atomic mass is 127. The van der Waals surface area contributed by atoms with Gasteiger partial charge in [-0.3, -0.25) is 0 Å². The zero-order valence-corrected chi connectivity index (χ0v) is 14.3. The summed E-state index contributed by atoms with van der Waals surface area (Å²) >= 11 is 11.6. The Morgan fingerprint density at radius 1 is 1.26 bits per heavy atom. The van der Waals surface area contributed by atoms with E-state index in [0.29, 0.717) is 11.4 Å². The van der Waals surface area contributed by atoms with Gasteiger partial charge in [0, 0.05) is 14.1 Å². The van der Waals surface area contributed by atoms with Gasteiger partial charge in [-0.05, 0) is 64.4 Å². The summed E-state index contributed by atoms with van der Waals surface area (Å²) in [5, 5.41) is 0.701. The van der Waals surface area contributed by atoms with Crippen LogP contribution in [0.25, 0.3) is 0 Å². The summed E-state index contributed by atoms with van der Waals surface area (Å²) in [6.45, 7) is 0. The maximum absolute atomic E-state index is 13.0. The molecule has 0 bridgehead atoms. The molecule has 19 heavy (non-hydrogen) atoms. The zero-order chi connectivity index (χ0) is 14.0. The van der Waals surface area contributed by atoms with Gasteiger partial charge in [0.1, 0.15) is 5.82 Å². The molecule has 1 atom stereocenters. The summed E-state index contributed by atoms with van der Waals surface area (Å²) < 4.78 is 14.8. The van der Waals surface area contributed by atoms with Crippen LogP contribution >= 0.6 is 50.1 Å². The molecule has 2 N–H and O–H groups in total. The van der Waals surface area contributed by atoms with Crippen LogP contribution in [0.3, 0.4) is 0 Å². The fourth-order valence-electron chi connectivity index (χ4n) is 1.79. The van der Waals surface area contributed by atoms with Crippen molar-refractivity contribution in [1.29, 1.82) is 0 Å². The van der Waals surface area contributed by atoms with Crippen LogP contribution in [0.4, 0.5) is 4.39 Å². The topological polar surface area (TPSA) is 26.0 Å². The minimum absolute atomic E-state index is 0.170. The van der Waals surface area contributed by atoms with E-state index in [-0.39, 0.29) is 11.9 Å². The van der Waals surface area contributed by atoms with Crippen molar-refractivity contribution in [2.75, 3.05) is 0 Å². The van der Waals surface area contributed by atoms with Crippen molar-refractivity contribution < 1.29 is 4.39 Å². The quantitative estimate of drug-likeness (QED) is 0.643. The lowest BCUT2D eigenvalue weighted by atomic mass is 10.00. The van der Waals surface area contributed by atoms with E-state index >= 15 is 0 Å². The highest BCUT2D eigenvalue weighted by Gasteiger charge is 2.11. The van der Waals surface area contributed by atoms with Crippen molar-refractivity contribution in [3.63, 3.8) is 0 Å². The standard InChI is InChI=1S/C14H11BrClFIN/c15-11-7-10(17)3-1-8(11)6-14(19)9-2-4-13(18)12(16)5-9/h1-5,7,14H,6,19H2. The number of nitrogens with two attached hydrogens (primary N) is 1. The Morgan fingerprint density at radius 3 is 2.63 bits per heavy atom. The second-order valence-corrected chi connectivity index (χ2v) is 6.64. The van der Waals surface area contributed by atoms with E-state index in [4.69, 9.17) is 17.3 Å². The van der Waals surface area contributed by atoms with Crippen LogP contribution in [0.1, 0.15) is 17.2 Å². The van der Waals surface area contributed by atoms with Crippen molar-refractivity contribution >= 4 is 50.1 Å². The minimum atomic E-state index is -0.262. The van der Waals surface area contributed by atoms with Crippen LogP contribution in [0.15, 0.2) is 40.9 Å². The summed E-state index contributed by atoms with van der Waals surface area (Å²) in [7, 11) is 0. The van der Waals surface area contributed by atoms with E-state index in [1.165, 1.54) is 12.1 Å². The van der Waals surface area contributed by atoms with Crippen molar-refractivity contribution in [2.45, 2.75) is 12.5 Å². The molecule has 0 spiro atoms. The monoisotopic (exact) mass is 453 g/mol. The van der Waals surface area contributed by atoms with Gasteiger partial charge < -0.3 is 5.73 Å². The molecule has 0 aliphatic carbocycles. The van der Waals surface area contributed by atoms with E-state index in [1.807, 2.05) is 18.2 Å². The maximum atomic E-state index is 13.0. The molecule has 100 valence electrons. The van der Waals surface area contributed by atoms with Crippen LogP contribution < -0.4 is 5.73 Å². The Morgan fingerprint density at radius 2 is 2.00 bits per heavy atom. The van der Waals surface area contributed by atoms with Gasteiger partial charge in [0.15, 0.2) is 0 Å². The Labute approximate surface area is 138 Å². The van der Waals surface area contributed by atoms with Gasteiger partial charge in [0.05, 0.1) is 5.02 Å². The minimum Gasteiger partial charge on any atom is -0.324 e. The van der Waals surface area contributed by atoms with Gasteiger partial charge in [-0.1, -0.05) is 39.7 Å². The molecular formula is C14H11BrClFIN. The number of benzene rings is 2. The van der Waals surface area contributed by atoms with Crippen LogP contribution in [0.5, 0.6) is 0 Å². The van der Waals surface area contributed by atoms with E-state index in [9.17, 15) is 4.39 Å². The van der Waals surface area contributed by atoms with Crippen molar-refractivity contribution in [3.05, 3.63) is 66.4 Å². The molecule has 2 aromatic rings. The largest absolute Gasteiger partial charge is 0.324 e. The molecule has 0 saturated heterocycles. The van der Waals surface area contributed by atoms with Crippen molar-refractivity contribution in [2.24, 2.45) is 5.73 Å².